The summed E-state index contributed by atoms with van der Waals surface area (Å²) >= 11 is 0. The highest BCUT2D eigenvalue weighted by molar-refractivity contribution is 5.97. The van der Waals surface area contributed by atoms with Crippen molar-refractivity contribution in [1.82, 2.24) is 0 Å². The Kier molecular flexibility index (Phi) is 7.44. The molecule has 2 nitrogen and oxygen atoms in total. The molecule has 1 unspecified atom stereocenters. The highest BCUT2D eigenvalue weighted by atomic mass is 16.1. The van der Waals surface area contributed by atoms with E-state index in [2.05, 4.69) is 19.6 Å². The summed E-state index contributed by atoms with van der Waals surface area (Å²) in [5.74, 6) is 0.365. The van der Waals surface area contributed by atoms with Gasteiger partial charge in [-0.05, 0) is 32.6 Å². The lowest BCUT2D eigenvalue weighted by atomic mass is 9.97. The molecule has 0 N–H and O–H groups in total. The number of rotatable bonds is 8. The SMILES string of the molecule is C=C/C(C)=C/CCC(C)CC(=O)CC(C)=O. The molecule has 0 rings (SSSR count). The van der Waals surface area contributed by atoms with E-state index in [1.54, 1.807) is 0 Å². The fraction of sp³-hybridized carbons (Fsp3) is 0.571. The van der Waals surface area contributed by atoms with Crippen LogP contribution in [0.3, 0.4) is 0 Å². The Morgan fingerprint density at radius 2 is 1.94 bits per heavy atom. The van der Waals surface area contributed by atoms with Crippen LogP contribution >= 0.6 is 0 Å². The molecule has 0 saturated heterocycles. The number of Topliss-reactive ketones (excluding diaryl/α,β-unsaturated/α-hetero) is 2. The normalized spacial score (nSPS) is 13.3. The summed E-state index contributed by atoms with van der Waals surface area (Å²) in [5.41, 5.74) is 1.17. The van der Waals surface area contributed by atoms with Crippen LogP contribution in [0.15, 0.2) is 24.3 Å². The molecule has 0 radical (unpaired) electrons. The second-order valence-corrected chi connectivity index (χ2v) is 4.46. The first kappa shape index (κ1) is 14.8. The molecule has 0 fully saturated rings. The molecule has 0 heterocycles. The molecule has 0 saturated carbocycles. The number of allylic oxidation sites excluding steroid dienone is 3. The third-order valence-electron chi connectivity index (χ3n) is 2.47. The van der Waals surface area contributed by atoms with E-state index in [0.717, 1.165) is 12.8 Å². The first-order valence-corrected chi connectivity index (χ1v) is 5.76. The van der Waals surface area contributed by atoms with E-state index in [1.807, 2.05) is 13.0 Å². The van der Waals surface area contributed by atoms with Gasteiger partial charge in [-0.25, -0.2) is 0 Å². The van der Waals surface area contributed by atoms with Crippen LogP contribution in [0.1, 0.15) is 46.5 Å². The minimum atomic E-state index is -0.0420. The summed E-state index contributed by atoms with van der Waals surface area (Å²) < 4.78 is 0. The Morgan fingerprint density at radius 1 is 1.31 bits per heavy atom. The summed E-state index contributed by atoms with van der Waals surface area (Å²) in [4.78, 5) is 22.1. The molecule has 0 amide bonds. The van der Waals surface area contributed by atoms with Crippen molar-refractivity contribution in [2.24, 2.45) is 5.92 Å². The average Bonchev–Trinajstić information content (AvgIpc) is 2.15. The highest BCUT2D eigenvalue weighted by Gasteiger charge is 2.10. The topological polar surface area (TPSA) is 34.1 Å². The Labute approximate surface area is 98.4 Å². The first-order valence-electron chi connectivity index (χ1n) is 5.76. The Morgan fingerprint density at radius 3 is 2.44 bits per heavy atom. The molecule has 1 atom stereocenters. The molecule has 0 aliphatic carbocycles. The second kappa shape index (κ2) is 8.03. The van der Waals surface area contributed by atoms with Gasteiger partial charge in [0.15, 0.2) is 0 Å². The van der Waals surface area contributed by atoms with Crippen LogP contribution in [-0.4, -0.2) is 11.6 Å². The van der Waals surface area contributed by atoms with Gasteiger partial charge in [-0.2, -0.15) is 0 Å². The van der Waals surface area contributed by atoms with Crippen LogP contribution in [0, 0.1) is 5.92 Å². The van der Waals surface area contributed by atoms with Crippen molar-refractivity contribution in [2.45, 2.75) is 46.5 Å². The minimum absolute atomic E-state index is 0.0420. The van der Waals surface area contributed by atoms with Crippen molar-refractivity contribution in [3.8, 4) is 0 Å². The van der Waals surface area contributed by atoms with Gasteiger partial charge in [0.05, 0.1) is 6.42 Å². The predicted octanol–water partition coefficient (Wildman–Crippen LogP) is 3.47. The minimum Gasteiger partial charge on any atom is -0.300 e. The van der Waals surface area contributed by atoms with Gasteiger partial charge in [0.2, 0.25) is 0 Å². The molecule has 2 heteroatoms. The molecule has 0 aromatic carbocycles. The number of carbonyl (C=O) groups excluding carboxylic acids is 2. The van der Waals surface area contributed by atoms with E-state index >= 15 is 0 Å². The molecule has 0 aromatic heterocycles. The largest absolute Gasteiger partial charge is 0.300 e. The highest BCUT2D eigenvalue weighted by Crippen LogP contribution is 2.13. The molecule has 16 heavy (non-hydrogen) atoms. The van der Waals surface area contributed by atoms with Crippen LogP contribution in [0.25, 0.3) is 0 Å². The third-order valence-corrected chi connectivity index (χ3v) is 2.47. The van der Waals surface area contributed by atoms with Crippen molar-refractivity contribution >= 4 is 11.6 Å². The summed E-state index contributed by atoms with van der Waals surface area (Å²) in [6.45, 7) is 9.20. The summed E-state index contributed by atoms with van der Waals surface area (Å²) in [7, 11) is 0. The molecule has 0 bridgehead atoms. The quantitative estimate of drug-likeness (QED) is 0.465. The van der Waals surface area contributed by atoms with Crippen molar-refractivity contribution in [2.75, 3.05) is 0 Å². The maximum absolute atomic E-state index is 11.4. The summed E-state index contributed by atoms with van der Waals surface area (Å²) in [6, 6.07) is 0. The Hall–Kier alpha value is -1.18. The molecule has 0 aromatic rings. The molecule has 0 aliphatic rings. The van der Waals surface area contributed by atoms with Crippen molar-refractivity contribution < 1.29 is 9.59 Å². The molecular weight excluding hydrogens is 200 g/mol. The molecular formula is C14H22O2. The number of hydrogen-bond donors (Lipinski definition) is 0. The second-order valence-electron chi connectivity index (χ2n) is 4.46. The van der Waals surface area contributed by atoms with Gasteiger partial charge in [-0.3, -0.25) is 9.59 Å². The Balaban J connectivity index is 3.82. The van der Waals surface area contributed by atoms with Crippen LogP contribution < -0.4 is 0 Å². The Bertz CT molecular complexity index is 287. The summed E-state index contributed by atoms with van der Waals surface area (Å²) in [6.07, 6.45) is 6.50. The van der Waals surface area contributed by atoms with Gasteiger partial charge >= 0.3 is 0 Å². The molecule has 90 valence electrons. The van der Waals surface area contributed by atoms with Crippen molar-refractivity contribution in [3.63, 3.8) is 0 Å². The standard InChI is InChI=1S/C14H22O2/c1-5-11(2)7-6-8-12(3)9-14(16)10-13(4)15/h5,7,12H,1,6,8-10H2,2-4H3/b11-7+. The maximum Gasteiger partial charge on any atom is 0.140 e. The van der Waals surface area contributed by atoms with Gasteiger partial charge in [0.25, 0.3) is 0 Å². The molecule has 0 aliphatic heterocycles. The predicted molar refractivity (Wildman–Crippen MR) is 67.3 cm³/mol. The number of hydrogen-bond acceptors (Lipinski definition) is 2. The van der Waals surface area contributed by atoms with Gasteiger partial charge < -0.3 is 0 Å². The average molecular weight is 222 g/mol. The number of ketones is 2. The van der Waals surface area contributed by atoms with Gasteiger partial charge in [-0.15, -0.1) is 0 Å². The van der Waals surface area contributed by atoms with Gasteiger partial charge in [0.1, 0.15) is 11.6 Å². The van der Waals surface area contributed by atoms with E-state index in [4.69, 9.17) is 0 Å². The van der Waals surface area contributed by atoms with Crippen LogP contribution in [0.5, 0.6) is 0 Å². The van der Waals surface area contributed by atoms with Crippen molar-refractivity contribution in [1.29, 1.82) is 0 Å². The summed E-state index contributed by atoms with van der Waals surface area (Å²) in [5, 5.41) is 0. The fourth-order valence-electron chi connectivity index (χ4n) is 1.52. The zero-order chi connectivity index (χ0) is 12.6. The van der Waals surface area contributed by atoms with Crippen LogP contribution in [0.4, 0.5) is 0 Å². The molecule has 0 spiro atoms. The first-order chi connectivity index (χ1) is 7.45. The third kappa shape index (κ3) is 8.16. The zero-order valence-electron chi connectivity index (χ0n) is 10.6. The fourth-order valence-corrected chi connectivity index (χ4v) is 1.52. The van der Waals surface area contributed by atoms with Gasteiger partial charge in [0, 0.05) is 6.42 Å². The van der Waals surface area contributed by atoms with E-state index in [1.165, 1.54) is 12.5 Å². The van der Waals surface area contributed by atoms with E-state index in [9.17, 15) is 9.59 Å². The van der Waals surface area contributed by atoms with Crippen LogP contribution in [0.2, 0.25) is 0 Å². The van der Waals surface area contributed by atoms with Crippen molar-refractivity contribution in [3.05, 3.63) is 24.3 Å². The lowest BCUT2D eigenvalue weighted by Gasteiger charge is -2.08. The lowest BCUT2D eigenvalue weighted by molar-refractivity contribution is -0.126. The van der Waals surface area contributed by atoms with Crippen LogP contribution in [-0.2, 0) is 9.59 Å². The lowest BCUT2D eigenvalue weighted by Crippen LogP contribution is -2.09. The number of carbonyl (C=O) groups is 2. The van der Waals surface area contributed by atoms with E-state index in [-0.39, 0.29) is 18.0 Å². The zero-order valence-corrected chi connectivity index (χ0v) is 10.6. The van der Waals surface area contributed by atoms with Gasteiger partial charge in [-0.1, -0.05) is 31.2 Å². The van der Waals surface area contributed by atoms with E-state index in [0.29, 0.717) is 12.3 Å². The smallest absolute Gasteiger partial charge is 0.140 e. The maximum atomic E-state index is 11.4. The monoisotopic (exact) mass is 222 g/mol. The van der Waals surface area contributed by atoms with E-state index < -0.39 is 0 Å².